The standard InChI is InChI=1S/C17H18N2O4S/c20-17(21)15-13-10-24(22,23)14-9-5-4-8-12(14)16(13)19(18-15)11-6-2-1-3-7-11/h4-5,8-9,11H,1-3,6-7,10H2,(H,20,21). The van der Waals surface area contributed by atoms with Crippen molar-refractivity contribution in [2.24, 2.45) is 0 Å². The van der Waals surface area contributed by atoms with Crippen LogP contribution in [-0.4, -0.2) is 29.3 Å². The minimum absolute atomic E-state index is 0.131. The third-order valence-corrected chi connectivity index (χ3v) is 6.64. The Morgan fingerprint density at radius 1 is 1.17 bits per heavy atom. The predicted octanol–water partition coefficient (Wildman–Crippen LogP) is 3.04. The lowest BCUT2D eigenvalue weighted by atomic mass is 9.95. The molecule has 0 unspecified atom stereocenters. The van der Waals surface area contributed by atoms with Gasteiger partial charge in [-0.15, -0.1) is 0 Å². The third-order valence-electron chi connectivity index (χ3n) is 4.94. The Hall–Kier alpha value is -2.15. The molecule has 0 amide bonds. The molecule has 0 radical (unpaired) electrons. The number of sulfone groups is 1. The first-order valence-electron chi connectivity index (χ1n) is 8.16. The van der Waals surface area contributed by atoms with E-state index in [4.69, 9.17) is 0 Å². The fourth-order valence-corrected chi connectivity index (χ4v) is 5.45. The van der Waals surface area contributed by atoms with Crippen LogP contribution in [0.3, 0.4) is 0 Å². The molecule has 2 aromatic rings. The fourth-order valence-electron chi connectivity index (χ4n) is 3.85. The number of benzene rings is 1. The van der Waals surface area contributed by atoms with Crippen LogP contribution in [-0.2, 0) is 15.6 Å². The van der Waals surface area contributed by atoms with Gasteiger partial charge in [0, 0.05) is 11.1 Å². The second-order valence-corrected chi connectivity index (χ2v) is 8.43. The minimum atomic E-state index is -3.55. The van der Waals surface area contributed by atoms with Gasteiger partial charge in [0.05, 0.1) is 22.4 Å². The zero-order chi connectivity index (χ0) is 16.9. The maximum absolute atomic E-state index is 12.6. The molecule has 1 fully saturated rings. The predicted molar refractivity (Wildman–Crippen MR) is 87.6 cm³/mol. The van der Waals surface area contributed by atoms with Crippen molar-refractivity contribution >= 4 is 15.8 Å². The van der Waals surface area contributed by atoms with Crippen LogP contribution < -0.4 is 0 Å². The van der Waals surface area contributed by atoms with Gasteiger partial charge in [-0.25, -0.2) is 13.2 Å². The lowest BCUT2D eigenvalue weighted by molar-refractivity contribution is 0.0688. The summed E-state index contributed by atoms with van der Waals surface area (Å²) in [6.07, 6.45) is 5.24. The molecular weight excluding hydrogens is 328 g/mol. The van der Waals surface area contributed by atoms with E-state index in [1.807, 2.05) is 0 Å². The number of hydrogen-bond donors (Lipinski definition) is 1. The Balaban J connectivity index is 2.00. The van der Waals surface area contributed by atoms with Gasteiger partial charge in [-0.2, -0.15) is 5.10 Å². The Labute approximate surface area is 140 Å². The normalized spacial score (nSPS) is 19.5. The highest BCUT2D eigenvalue weighted by Gasteiger charge is 2.37. The van der Waals surface area contributed by atoms with Gasteiger partial charge in [-0.1, -0.05) is 37.5 Å². The minimum Gasteiger partial charge on any atom is -0.476 e. The Bertz CT molecular complexity index is 924. The third kappa shape index (κ3) is 2.26. The largest absolute Gasteiger partial charge is 0.476 e. The second kappa shape index (κ2) is 5.44. The quantitative estimate of drug-likeness (QED) is 0.903. The van der Waals surface area contributed by atoms with Crippen molar-refractivity contribution in [2.45, 2.75) is 48.8 Å². The van der Waals surface area contributed by atoms with E-state index < -0.39 is 15.8 Å². The molecule has 0 spiro atoms. The molecule has 1 aliphatic carbocycles. The number of hydrogen-bond acceptors (Lipinski definition) is 4. The summed E-state index contributed by atoms with van der Waals surface area (Å²) >= 11 is 0. The zero-order valence-corrected chi connectivity index (χ0v) is 13.9. The molecule has 1 saturated carbocycles. The van der Waals surface area contributed by atoms with Crippen LogP contribution in [0.5, 0.6) is 0 Å². The molecule has 0 saturated heterocycles. The zero-order valence-electron chi connectivity index (χ0n) is 13.1. The molecule has 2 heterocycles. The SMILES string of the molecule is O=C(O)c1nn(C2CCCCC2)c2c1CS(=O)(=O)c1ccccc1-2. The molecule has 0 bridgehead atoms. The maximum atomic E-state index is 12.6. The van der Waals surface area contributed by atoms with E-state index in [1.165, 1.54) is 6.42 Å². The fraction of sp³-hybridized carbons (Fsp3) is 0.412. The molecule has 2 aliphatic rings. The van der Waals surface area contributed by atoms with Crippen molar-refractivity contribution in [3.63, 3.8) is 0 Å². The molecule has 4 rings (SSSR count). The van der Waals surface area contributed by atoms with E-state index in [0.717, 1.165) is 25.7 Å². The number of rotatable bonds is 2. The summed E-state index contributed by atoms with van der Waals surface area (Å²) in [7, 11) is -3.55. The smallest absolute Gasteiger partial charge is 0.356 e. The molecule has 1 aromatic heterocycles. The van der Waals surface area contributed by atoms with Crippen LogP contribution in [0.25, 0.3) is 11.3 Å². The van der Waals surface area contributed by atoms with Crippen molar-refractivity contribution < 1.29 is 18.3 Å². The molecule has 0 atom stereocenters. The van der Waals surface area contributed by atoms with E-state index in [2.05, 4.69) is 5.10 Å². The summed E-state index contributed by atoms with van der Waals surface area (Å²) < 4.78 is 26.9. The van der Waals surface area contributed by atoms with E-state index >= 15 is 0 Å². The molecule has 1 N–H and O–H groups in total. The highest BCUT2D eigenvalue weighted by molar-refractivity contribution is 7.90. The van der Waals surface area contributed by atoms with Gasteiger partial charge in [0.25, 0.3) is 0 Å². The average Bonchev–Trinajstić information content (AvgIpc) is 2.95. The highest BCUT2D eigenvalue weighted by Crippen LogP contribution is 2.42. The summed E-state index contributed by atoms with van der Waals surface area (Å²) in [5, 5.41) is 13.8. The van der Waals surface area contributed by atoms with Crippen LogP contribution in [0.15, 0.2) is 29.2 Å². The van der Waals surface area contributed by atoms with E-state index in [9.17, 15) is 18.3 Å². The second-order valence-electron chi connectivity index (χ2n) is 6.47. The Kier molecular flexibility index (Phi) is 3.49. The first-order valence-corrected chi connectivity index (χ1v) is 9.81. The summed E-state index contributed by atoms with van der Waals surface area (Å²) in [5.74, 6) is -1.47. The lowest BCUT2D eigenvalue weighted by Gasteiger charge is -2.26. The van der Waals surface area contributed by atoms with Crippen molar-refractivity contribution in [3.05, 3.63) is 35.5 Å². The van der Waals surface area contributed by atoms with Gasteiger partial charge >= 0.3 is 5.97 Å². The van der Waals surface area contributed by atoms with Gasteiger partial charge < -0.3 is 5.11 Å². The van der Waals surface area contributed by atoms with E-state index in [1.54, 1.807) is 28.9 Å². The number of carboxylic acid groups (broad SMARTS) is 1. The highest BCUT2D eigenvalue weighted by atomic mass is 32.2. The van der Waals surface area contributed by atoms with Crippen molar-refractivity contribution in [3.8, 4) is 11.3 Å². The molecule has 1 aromatic carbocycles. The first-order chi connectivity index (χ1) is 11.5. The van der Waals surface area contributed by atoms with Crippen molar-refractivity contribution in [1.82, 2.24) is 9.78 Å². The van der Waals surface area contributed by atoms with Crippen LogP contribution in [0.2, 0.25) is 0 Å². The molecule has 24 heavy (non-hydrogen) atoms. The Morgan fingerprint density at radius 3 is 2.58 bits per heavy atom. The summed E-state index contributed by atoms with van der Waals surface area (Å²) in [4.78, 5) is 11.9. The van der Waals surface area contributed by atoms with E-state index in [0.29, 0.717) is 16.8 Å². The van der Waals surface area contributed by atoms with E-state index in [-0.39, 0.29) is 22.4 Å². The summed E-state index contributed by atoms with van der Waals surface area (Å²) in [5.41, 5.74) is 1.44. The van der Waals surface area contributed by atoms with Gasteiger partial charge in [-0.3, -0.25) is 4.68 Å². The number of nitrogens with zero attached hydrogens (tertiary/aromatic N) is 2. The van der Waals surface area contributed by atoms with Crippen molar-refractivity contribution in [2.75, 3.05) is 0 Å². The maximum Gasteiger partial charge on any atom is 0.356 e. The van der Waals surface area contributed by atoms with Gasteiger partial charge in [0.1, 0.15) is 0 Å². The van der Waals surface area contributed by atoms with Gasteiger partial charge in [0.2, 0.25) is 0 Å². The van der Waals surface area contributed by atoms with Gasteiger partial charge in [-0.05, 0) is 18.9 Å². The monoisotopic (exact) mass is 346 g/mol. The van der Waals surface area contributed by atoms with Crippen molar-refractivity contribution in [1.29, 1.82) is 0 Å². The topological polar surface area (TPSA) is 89.3 Å². The van der Waals surface area contributed by atoms with Crippen LogP contribution in [0.1, 0.15) is 54.2 Å². The summed E-state index contributed by atoms with van der Waals surface area (Å²) in [6, 6.07) is 6.95. The summed E-state index contributed by atoms with van der Waals surface area (Å²) in [6.45, 7) is 0. The molecular formula is C17H18N2O4S. The number of aromatic carboxylic acids is 1. The molecule has 6 nitrogen and oxygen atoms in total. The lowest BCUT2D eigenvalue weighted by Crippen LogP contribution is -2.18. The first kappa shape index (κ1) is 15.4. The van der Waals surface area contributed by atoms with Gasteiger partial charge in [0.15, 0.2) is 15.5 Å². The number of carbonyl (C=O) groups is 1. The molecule has 7 heteroatoms. The molecule has 1 aliphatic heterocycles. The molecule has 126 valence electrons. The van der Waals surface area contributed by atoms with Crippen LogP contribution >= 0.6 is 0 Å². The average molecular weight is 346 g/mol. The number of fused-ring (bicyclic) bond motifs is 3. The number of aromatic nitrogens is 2. The van der Waals surface area contributed by atoms with Crippen LogP contribution in [0.4, 0.5) is 0 Å². The van der Waals surface area contributed by atoms with Crippen LogP contribution in [0, 0.1) is 0 Å². The number of carboxylic acids is 1. The Morgan fingerprint density at radius 2 is 1.88 bits per heavy atom.